The highest BCUT2D eigenvalue weighted by Crippen LogP contribution is 2.17. The Balaban J connectivity index is 1.74. The lowest BCUT2D eigenvalue weighted by atomic mass is 9.97. The topological polar surface area (TPSA) is 45.2 Å². The molecule has 1 aliphatic rings. The van der Waals surface area contributed by atoms with Gasteiger partial charge in [-0.15, -0.1) is 11.3 Å². The summed E-state index contributed by atoms with van der Waals surface area (Å²) >= 11 is 1.60. The van der Waals surface area contributed by atoms with Gasteiger partial charge in [0, 0.05) is 30.6 Å². The lowest BCUT2D eigenvalue weighted by Crippen LogP contribution is -2.43. The molecule has 0 bridgehead atoms. The van der Waals surface area contributed by atoms with Crippen LogP contribution in [0.3, 0.4) is 0 Å². The smallest absolute Gasteiger partial charge is 0.244 e. The zero-order chi connectivity index (χ0) is 15.2. The second-order valence-corrected chi connectivity index (χ2v) is 7.03. The van der Waals surface area contributed by atoms with Crippen molar-refractivity contribution in [2.75, 3.05) is 19.6 Å². The molecule has 2 rings (SSSR count). The number of rotatable bonds is 5. The fourth-order valence-electron chi connectivity index (χ4n) is 2.65. The highest BCUT2D eigenvalue weighted by Gasteiger charge is 2.21. The molecule has 0 aliphatic carbocycles. The van der Waals surface area contributed by atoms with E-state index in [1.165, 1.54) is 19.4 Å². The van der Waals surface area contributed by atoms with Gasteiger partial charge in [0.1, 0.15) is 0 Å². The number of nitrogens with zero attached hydrogens (tertiary/aromatic N) is 2. The van der Waals surface area contributed by atoms with Gasteiger partial charge in [-0.2, -0.15) is 0 Å². The molecular weight excluding hydrogens is 282 g/mol. The first-order valence-electron chi connectivity index (χ1n) is 7.66. The molecule has 0 aromatic carbocycles. The molecule has 1 aromatic heterocycles. The molecule has 1 fully saturated rings. The van der Waals surface area contributed by atoms with Crippen LogP contribution in [0.15, 0.2) is 11.5 Å². The van der Waals surface area contributed by atoms with Gasteiger partial charge in [0.2, 0.25) is 5.91 Å². The SMILES string of the molecule is Cc1nc(/C=C/C(=O)NC[C@@H]2CCCN(C(C)C)C2)cs1. The van der Waals surface area contributed by atoms with Crippen LogP contribution in [0, 0.1) is 12.8 Å². The van der Waals surface area contributed by atoms with Crippen LogP contribution in [0.1, 0.15) is 37.4 Å². The molecule has 1 N–H and O–H groups in total. The molecular formula is C16H25N3OS. The van der Waals surface area contributed by atoms with E-state index in [1.807, 2.05) is 12.3 Å². The van der Waals surface area contributed by atoms with E-state index in [2.05, 4.69) is 29.0 Å². The van der Waals surface area contributed by atoms with E-state index in [1.54, 1.807) is 23.5 Å². The third kappa shape index (κ3) is 5.25. The minimum absolute atomic E-state index is 0.0256. The Bertz CT molecular complexity index is 495. The fraction of sp³-hybridized carbons (Fsp3) is 0.625. The van der Waals surface area contributed by atoms with Gasteiger partial charge < -0.3 is 10.2 Å². The molecule has 1 amide bonds. The minimum atomic E-state index is -0.0256. The maximum absolute atomic E-state index is 11.8. The molecule has 1 aromatic rings. The van der Waals surface area contributed by atoms with Crippen molar-refractivity contribution in [3.63, 3.8) is 0 Å². The van der Waals surface area contributed by atoms with Crippen molar-refractivity contribution < 1.29 is 4.79 Å². The Morgan fingerprint density at radius 2 is 2.43 bits per heavy atom. The van der Waals surface area contributed by atoms with Crippen LogP contribution in [0.5, 0.6) is 0 Å². The molecule has 0 saturated carbocycles. The largest absolute Gasteiger partial charge is 0.352 e. The molecule has 0 unspecified atom stereocenters. The van der Waals surface area contributed by atoms with Crippen LogP contribution in [-0.4, -0.2) is 41.5 Å². The maximum atomic E-state index is 11.8. The van der Waals surface area contributed by atoms with Gasteiger partial charge in [-0.3, -0.25) is 4.79 Å². The second kappa shape index (κ2) is 7.71. The zero-order valence-corrected chi connectivity index (χ0v) is 13.9. The third-order valence-electron chi connectivity index (χ3n) is 3.89. The van der Waals surface area contributed by atoms with Gasteiger partial charge in [0.05, 0.1) is 10.7 Å². The van der Waals surface area contributed by atoms with Crippen LogP contribution in [0.25, 0.3) is 6.08 Å². The van der Waals surface area contributed by atoms with E-state index in [9.17, 15) is 4.79 Å². The number of amides is 1. The van der Waals surface area contributed by atoms with Crippen LogP contribution >= 0.6 is 11.3 Å². The second-order valence-electron chi connectivity index (χ2n) is 5.97. The first kappa shape index (κ1) is 16.2. The average Bonchev–Trinajstić information content (AvgIpc) is 2.89. The lowest BCUT2D eigenvalue weighted by molar-refractivity contribution is -0.116. The Hall–Kier alpha value is -1.20. The number of piperidine rings is 1. The summed E-state index contributed by atoms with van der Waals surface area (Å²) in [7, 11) is 0. The average molecular weight is 307 g/mol. The first-order chi connectivity index (χ1) is 10.0. The van der Waals surface area contributed by atoms with E-state index in [0.717, 1.165) is 23.8 Å². The summed E-state index contributed by atoms with van der Waals surface area (Å²) in [6.45, 7) is 9.48. The van der Waals surface area contributed by atoms with Crippen molar-refractivity contribution in [2.45, 2.75) is 39.7 Å². The number of hydrogen-bond donors (Lipinski definition) is 1. The molecule has 116 valence electrons. The van der Waals surface area contributed by atoms with Gasteiger partial charge in [-0.25, -0.2) is 4.98 Å². The monoisotopic (exact) mass is 307 g/mol. The summed E-state index contributed by atoms with van der Waals surface area (Å²) in [4.78, 5) is 18.6. The van der Waals surface area contributed by atoms with Gasteiger partial charge in [-0.05, 0) is 52.2 Å². The van der Waals surface area contributed by atoms with Gasteiger partial charge in [0.25, 0.3) is 0 Å². The quantitative estimate of drug-likeness (QED) is 0.851. The summed E-state index contributed by atoms with van der Waals surface area (Å²) in [6, 6.07) is 0.594. The van der Waals surface area contributed by atoms with Gasteiger partial charge >= 0.3 is 0 Å². The number of nitrogens with one attached hydrogen (secondary N) is 1. The predicted octanol–water partition coefficient (Wildman–Crippen LogP) is 2.70. The zero-order valence-electron chi connectivity index (χ0n) is 13.1. The van der Waals surface area contributed by atoms with E-state index in [-0.39, 0.29) is 5.91 Å². The molecule has 2 heterocycles. The summed E-state index contributed by atoms with van der Waals surface area (Å²) in [5.74, 6) is 0.544. The normalized spacial score (nSPS) is 20.3. The maximum Gasteiger partial charge on any atom is 0.244 e. The fourth-order valence-corrected chi connectivity index (χ4v) is 3.24. The third-order valence-corrected chi connectivity index (χ3v) is 4.68. The highest BCUT2D eigenvalue weighted by atomic mass is 32.1. The Kier molecular flexibility index (Phi) is 5.94. The minimum Gasteiger partial charge on any atom is -0.352 e. The Labute approximate surface area is 131 Å². The summed E-state index contributed by atoms with van der Waals surface area (Å²) in [5, 5.41) is 5.99. The van der Waals surface area contributed by atoms with Crippen molar-refractivity contribution in [2.24, 2.45) is 5.92 Å². The Morgan fingerprint density at radius 3 is 3.10 bits per heavy atom. The molecule has 1 saturated heterocycles. The van der Waals surface area contributed by atoms with Crippen molar-refractivity contribution in [3.8, 4) is 0 Å². The molecule has 5 heteroatoms. The van der Waals surface area contributed by atoms with Crippen LogP contribution in [0.2, 0.25) is 0 Å². The van der Waals surface area contributed by atoms with Gasteiger partial charge in [-0.1, -0.05) is 0 Å². The van der Waals surface area contributed by atoms with E-state index < -0.39 is 0 Å². The van der Waals surface area contributed by atoms with E-state index in [0.29, 0.717) is 12.0 Å². The highest BCUT2D eigenvalue weighted by molar-refractivity contribution is 7.09. The van der Waals surface area contributed by atoms with Gasteiger partial charge in [0.15, 0.2) is 0 Å². The van der Waals surface area contributed by atoms with E-state index in [4.69, 9.17) is 0 Å². The number of likely N-dealkylation sites (tertiary alicyclic amines) is 1. The predicted molar refractivity (Wildman–Crippen MR) is 88.3 cm³/mol. The molecule has 0 spiro atoms. The van der Waals surface area contributed by atoms with Crippen LogP contribution in [0.4, 0.5) is 0 Å². The van der Waals surface area contributed by atoms with Crippen molar-refractivity contribution >= 4 is 23.3 Å². The first-order valence-corrected chi connectivity index (χ1v) is 8.54. The summed E-state index contributed by atoms with van der Waals surface area (Å²) in [6.07, 6.45) is 5.79. The standard InChI is InChI=1S/C16H25N3OS/c1-12(2)19-8-4-5-14(10-19)9-17-16(20)7-6-15-11-21-13(3)18-15/h6-7,11-12,14H,4-5,8-10H2,1-3H3,(H,17,20)/b7-6+/t14-/m0/s1. The summed E-state index contributed by atoms with van der Waals surface area (Å²) in [5.41, 5.74) is 0.858. The number of carbonyl (C=O) groups is 1. The molecule has 1 aliphatic heterocycles. The molecule has 1 atom stereocenters. The number of carbonyl (C=O) groups excluding carboxylic acids is 1. The lowest BCUT2D eigenvalue weighted by Gasteiger charge is -2.35. The van der Waals surface area contributed by atoms with Crippen LogP contribution in [-0.2, 0) is 4.79 Å². The number of thiazole rings is 1. The van der Waals surface area contributed by atoms with E-state index >= 15 is 0 Å². The Morgan fingerprint density at radius 1 is 1.62 bits per heavy atom. The van der Waals surface area contributed by atoms with Crippen molar-refractivity contribution in [1.29, 1.82) is 0 Å². The van der Waals surface area contributed by atoms with Crippen LogP contribution < -0.4 is 5.32 Å². The molecule has 4 nitrogen and oxygen atoms in total. The number of hydrogen-bond acceptors (Lipinski definition) is 4. The van der Waals surface area contributed by atoms with Crippen molar-refractivity contribution in [3.05, 3.63) is 22.2 Å². The molecule has 0 radical (unpaired) electrons. The number of aryl methyl sites for hydroxylation is 1. The van der Waals surface area contributed by atoms with Crippen molar-refractivity contribution in [1.82, 2.24) is 15.2 Å². The molecule has 21 heavy (non-hydrogen) atoms. The number of aromatic nitrogens is 1. The summed E-state index contributed by atoms with van der Waals surface area (Å²) < 4.78 is 0.